The van der Waals surface area contributed by atoms with Crippen LogP contribution in [0.15, 0.2) is 30.3 Å². The standard InChI is InChI=1S/C18H24N2O2/c1-13(16-11-14-7-4-5-8-15(14)19-16)20(2)17(21)18(12-22-3)9-6-10-18/h4-5,7-8,11,13,19H,6,9-10,12H2,1-3H3. The number of carbonyl (C=O) groups is 1. The first-order valence-corrected chi connectivity index (χ1v) is 7.91. The Morgan fingerprint density at radius 2 is 2.14 bits per heavy atom. The molecular weight excluding hydrogens is 276 g/mol. The molecule has 1 atom stereocenters. The maximum atomic E-state index is 12.9. The largest absolute Gasteiger partial charge is 0.384 e. The minimum Gasteiger partial charge on any atom is -0.384 e. The van der Waals surface area contributed by atoms with Gasteiger partial charge in [0.05, 0.1) is 18.1 Å². The van der Waals surface area contributed by atoms with Crippen molar-refractivity contribution in [1.29, 1.82) is 0 Å². The smallest absolute Gasteiger partial charge is 0.231 e. The molecule has 1 aromatic carbocycles. The van der Waals surface area contributed by atoms with E-state index in [9.17, 15) is 4.79 Å². The van der Waals surface area contributed by atoms with Crippen LogP contribution in [-0.2, 0) is 9.53 Å². The molecule has 1 saturated carbocycles. The van der Waals surface area contributed by atoms with Gasteiger partial charge in [0.1, 0.15) is 0 Å². The van der Waals surface area contributed by atoms with Crippen LogP contribution in [0.1, 0.15) is 37.9 Å². The molecule has 4 heteroatoms. The Morgan fingerprint density at radius 1 is 1.41 bits per heavy atom. The van der Waals surface area contributed by atoms with E-state index < -0.39 is 0 Å². The molecule has 1 N–H and O–H groups in total. The molecular formula is C18H24N2O2. The molecule has 1 aromatic heterocycles. The number of benzene rings is 1. The molecule has 0 saturated heterocycles. The van der Waals surface area contributed by atoms with E-state index in [1.54, 1.807) is 7.11 Å². The predicted octanol–water partition coefficient (Wildman–Crippen LogP) is 3.50. The minimum absolute atomic E-state index is 0.0224. The number of hydrogen-bond acceptors (Lipinski definition) is 2. The third kappa shape index (κ3) is 2.41. The summed E-state index contributed by atoms with van der Waals surface area (Å²) in [5.74, 6) is 0.201. The van der Waals surface area contributed by atoms with E-state index in [2.05, 4.69) is 30.1 Å². The lowest BCUT2D eigenvalue weighted by Gasteiger charge is -2.43. The van der Waals surface area contributed by atoms with E-state index in [4.69, 9.17) is 4.74 Å². The van der Waals surface area contributed by atoms with E-state index in [1.807, 2.05) is 24.1 Å². The lowest BCUT2D eigenvalue weighted by molar-refractivity contribution is -0.152. The Kier molecular flexibility index (Phi) is 3.96. The summed E-state index contributed by atoms with van der Waals surface area (Å²) in [6.45, 7) is 2.59. The first-order valence-electron chi connectivity index (χ1n) is 7.91. The van der Waals surface area contributed by atoms with Crippen LogP contribution in [0.2, 0.25) is 0 Å². The Bertz CT molecular complexity index is 640. The van der Waals surface area contributed by atoms with Crippen molar-refractivity contribution >= 4 is 16.8 Å². The molecule has 1 fully saturated rings. The number of aromatic amines is 1. The average Bonchev–Trinajstić information content (AvgIpc) is 2.92. The molecule has 1 unspecified atom stereocenters. The molecule has 0 aliphatic heterocycles. The van der Waals surface area contributed by atoms with Gasteiger partial charge in [-0.1, -0.05) is 24.6 Å². The van der Waals surface area contributed by atoms with Crippen molar-refractivity contribution in [3.05, 3.63) is 36.0 Å². The molecule has 118 valence electrons. The van der Waals surface area contributed by atoms with E-state index in [0.29, 0.717) is 6.61 Å². The lowest BCUT2D eigenvalue weighted by Crippen LogP contribution is -2.49. The highest BCUT2D eigenvalue weighted by molar-refractivity contribution is 5.84. The zero-order valence-electron chi connectivity index (χ0n) is 13.6. The highest BCUT2D eigenvalue weighted by Crippen LogP contribution is 2.43. The molecule has 1 amide bonds. The number of nitrogens with zero attached hydrogens (tertiary/aromatic N) is 1. The highest BCUT2D eigenvalue weighted by Gasteiger charge is 2.46. The van der Waals surface area contributed by atoms with Crippen molar-refractivity contribution in [3.8, 4) is 0 Å². The van der Waals surface area contributed by atoms with Gasteiger partial charge in [-0.25, -0.2) is 0 Å². The van der Waals surface area contributed by atoms with Crippen LogP contribution in [0.3, 0.4) is 0 Å². The summed E-state index contributed by atoms with van der Waals surface area (Å²) in [7, 11) is 3.57. The summed E-state index contributed by atoms with van der Waals surface area (Å²) in [6, 6.07) is 10.3. The summed E-state index contributed by atoms with van der Waals surface area (Å²) in [5.41, 5.74) is 1.88. The van der Waals surface area contributed by atoms with Gasteiger partial charge in [-0.15, -0.1) is 0 Å². The molecule has 0 radical (unpaired) electrons. The molecule has 1 heterocycles. The first-order chi connectivity index (χ1) is 10.6. The van der Waals surface area contributed by atoms with Crippen LogP contribution in [-0.4, -0.2) is 36.6 Å². The molecule has 0 spiro atoms. The van der Waals surface area contributed by atoms with Crippen molar-refractivity contribution < 1.29 is 9.53 Å². The Labute approximate surface area is 131 Å². The quantitative estimate of drug-likeness (QED) is 0.918. The summed E-state index contributed by atoms with van der Waals surface area (Å²) < 4.78 is 5.30. The summed E-state index contributed by atoms with van der Waals surface area (Å²) >= 11 is 0. The number of nitrogens with one attached hydrogen (secondary N) is 1. The second-order valence-corrected chi connectivity index (χ2v) is 6.47. The summed E-state index contributed by atoms with van der Waals surface area (Å²) in [4.78, 5) is 18.2. The maximum absolute atomic E-state index is 12.9. The molecule has 2 aromatic rings. The fourth-order valence-corrected chi connectivity index (χ4v) is 3.38. The SMILES string of the molecule is COCC1(C(=O)N(C)C(C)c2cc3ccccc3[nH]2)CCC1. The van der Waals surface area contributed by atoms with Gasteiger partial charge in [0, 0.05) is 25.4 Å². The van der Waals surface area contributed by atoms with Crippen molar-refractivity contribution in [2.75, 3.05) is 20.8 Å². The fourth-order valence-electron chi connectivity index (χ4n) is 3.38. The number of rotatable bonds is 5. The Morgan fingerprint density at radius 3 is 2.73 bits per heavy atom. The normalized spacial score (nSPS) is 18.0. The summed E-state index contributed by atoms with van der Waals surface area (Å²) in [5, 5.41) is 1.18. The van der Waals surface area contributed by atoms with Gasteiger partial charge in [-0.3, -0.25) is 4.79 Å². The van der Waals surface area contributed by atoms with E-state index >= 15 is 0 Å². The van der Waals surface area contributed by atoms with E-state index in [0.717, 1.165) is 30.5 Å². The topological polar surface area (TPSA) is 45.3 Å². The Hall–Kier alpha value is -1.81. The number of carbonyl (C=O) groups excluding carboxylic acids is 1. The van der Waals surface area contributed by atoms with Gasteiger partial charge in [0.25, 0.3) is 0 Å². The molecule has 4 nitrogen and oxygen atoms in total. The van der Waals surface area contributed by atoms with Crippen LogP contribution < -0.4 is 0 Å². The van der Waals surface area contributed by atoms with Crippen molar-refractivity contribution in [1.82, 2.24) is 9.88 Å². The summed E-state index contributed by atoms with van der Waals surface area (Å²) in [6.07, 6.45) is 2.98. The molecule has 3 rings (SSSR count). The van der Waals surface area contributed by atoms with Gasteiger partial charge < -0.3 is 14.6 Å². The first kappa shape index (κ1) is 15.1. The van der Waals surface area contributed by atoms with Crippen LogP contribution in [0.25, 0.3) is 10.9 Å². The number of methoxy groups -OCH3 is 1. The van der Waals surface area contributed by atoms with Crippen LogP contribution in [0.4, 0.5) is 0 Å². The number of H-pyrrole nitrogens is 1. The van der Waals surface area contributed by atoms with Crippen LogP contribution in [0.5, 0.6) is 0 Å². The monoisotopic (exact) mass is 300 g/mol. The lowest BCUT2D eigenvalue weighted by atomic mass is 9.68. The highest BCUT2D eigenvalue weighted by atomic mass is 16.5. The molecule has 0 bridgehead atoms. The molecule has 22 heavy (non-hydrogen) atoms. The Balaban J connectivity index is 1.81. The molecule has 1 aliphatic carbocycles. The third-order valence-electron chi connectivity index (χ3n) is 5.09. The van der Waals surface area contributed by atoms with Gasteiger partial charge in [-0.05, 0) is 37.3 Å². The zero-order chi connectivity index (χ0) is 15.7. The van der Waals surface area contributed by atoms with Gasteiger partial charge >= 0.3 is 0 Å². The van der Waals surface area contributed by atoms with Gasteiger partial charge in [0.15, 0.2) is 0 Å². The van der Waals surface area contributed by atoms with Crippen molar-refractivity contribution in [3.63, 3.8) is 0 Å². The number of fused-ring (bicyclic) bond motifs is 1. The van der Waals surface area contributed by atoms with E-state index in [1.165, 1.54) is 5.39 Å². The second-order valence-electron chi connectivity index (χ2n) is 6.47. The average molecular weight is 300 g/mol. The minimum atomic E-state index is -0.302. The number of aromatic nitrogens is 1. The second kappa shape index (κ2) is 5.76. The van der Waals surface area contributed by atoms with Crippen molar-refractivity contribution in [2.45, 2.75) is 32.2 Å². The van der Waals surface area contributed by atoms with Gasteiger partial charge in [0.2, 0.25) is 5.91 Å². The van der Waals surface area contributed by atoms with Crippen LogP contribution in [0, 0.1) is 5.41 Å². The predicted molar refractivity (Wildman–Crippen MR) is 87.6 cm³/mol. The van der Waals surface area contributed by atoms with Gasteiger partial charge in [-0.2, -0.15) is 0 Å². The van der Waals surface area contributed by atoms with Crippen LogP contribution >= 0.6 is 0 Å². The number of hydrogen-bond donors (Lipinski definition) is 1. The number of para-hydroxylation sites is 1. The van der Waals surface area contributed by atoms with Crippen molar-refractivity contribution in [2.24, 2.45) is 5.41 Å². The maximum Gasteiger partial charge on any atom is 0.231 e. The number of ether oxygens (including phenoxy) is 1. The third-order valence-corrected chi connectivity index (χ3v) is 5.09. The molecule has 1 aliphatic rings. The zero-order valence-corrected chi connectivity index (χ0v) is 13.6. The fraction of sp³-hybridized carbons (Fsp3) is 0.500. The number of amides is 1. The van der Waals surface area contributed by atoms with E-state index in [-0.39, 0.29) is 17.4 Å².